The molecular weight excluding hydrogens is 344 g/mol. The number of rotatable bonds is 0. The summed E-state index contributed by atoms with van der Waals surface area (Å²) in [6.45, 7) is 0. The minimum Gasteiger partial charge on any atom is -0.256 e. The first kappa shape index (κ1) is 12.7. The molecule has 2 heterocycles. The molecule has 88 valence electrons. The van der Waals surface area contributed by atoms with Gasteiger partial charge in [-0.15, -0.1) is 0 Å². The maximum atomic E-state index is 4.85. The molecule has 5 heteroatoms. The molecule has 2 aromatic heterocycles. The van der Waals surface area contributed by atoms with Gasteiger partial charge in [-0.25, -0.2) is 0 Å². The van der Waals surface area contributed by atoms with Gasteiger partial charge in [-0.1, -0.05) is 12.1 Å². The number of pyridine rings is 2. The first-order valence-electron chi connectivity index (χ1n) is 4.80. The molecule has 0 saturated heterocycles. The van der Waals surface area contributed by atoms with Gasteiger partial charge in [0.1, 0.15) is 0 Å². The van der Waals surface area contributed by atoms with E-state index in [0.717, 1.165) is 21.8 Å². The van der Waals surface area contributed by atoms with Crippen LogP contribution in [0.3, 0.4) is 0 Å². The van der Waals surface area contributed by atoms with E-state index >= 15 is 0 Å². The number of halogens is 2. The first-order chi connectivity index (χ1) is 8.36. The zero-order chi connectivity index (χ0) is 12.1. The van der Waals surface area contributed by atoms with Gasteiger partial charge in [0.05, 0.1) is 11.0 Å². The Kier molecular flexibility index (Phi) is 4.67. The number of nitrogens with zero attached hydrogens (tertiary/aromatic N) is 2. The monoisotopic (exact) mass is 352 g/mol. The Bertz CT molecular complexity index is 576. The zero-order valence-electron chi connectivity index (χ0n) is 8.62. The van der Waals surface area contributed by atoms with E-state index in [1.54, 1.807) is 6.20 Å². The summed E-state index contributed by atoms with van der Waals surface area (Å²) in [6.07, 6.45) is 3.62. The van der Waals surface area contributed by atoms with E-state index in [1.165, 1.54) is 0 Å². The van der Waals surface area contributed by atoms with Crippen LogP contribution in [0.1, 0.15) is 0 Å². The van der Waals surface area contributed by atoms with Gasteiger partial charge in [0.2, 0.25) is 0 Å². The molecule has 17 heavy (non-hydrogen) atoms. The average molecular weight is 352 g/mol. The maximum Gasteiger partial charge on any atom is 0.0795 e. The summed E-state index contributed by atoms with van der Waals surface area (Å²) >= 11 is -0.346. The smallest absolute Gasteiger partial charge is 0.0795 e. The molecule has 0 N–H and O–H groups in total. The van der Waals surface area contributed by atoms with Gasteiger partial charge in [-0.3, -0.25) is 9.97 Å². The summed E-state index contributed by atoms with van der Waals surface area (Å²) in [5.74, 6) is 0. The fourth-order valence-electron chi connectivity index (χ4n) is 1.70. The van der Waals surface area contributed by atoms with Gasteiger partial charge in [0, 0.05) is 23.2 Å². The van der Waals surface area contributed by atoms with Crippen LogP contribution < -0.4 is 0 Å². The van der Waals surface area contributed by atoms with Gasteiger partial charge < -0.3 is 0 Å². The number of hydrogen-bond acceptors (Lipinski definition) is 2. The van der Waals surface area contributed by atoms with Gasteiger partial charge in [-0.2, -0.15) is 0 Å². The summed E-state index contributed by atoms with van der Waals surface area (Å²) in [6, 6.07) is 12.1. The minimum atomic E-state index is -0.346. The average Bonchev–Trinajstić information content (AvgIpc) is 2.40. The molecule has 0 unspecified atom stereocenters. The molecule has 0 atom stereocenters. The van der Waals surface area contributed by atoms with Crippen LogP contribution in [0.5, 0.6) is 0 Å². The Hall–Kier alpha value is -0.757. The molecule has 0 fully saturated rings. The van der Waals surface area contributed by atoms with Crippen molar-refractivity contribution < 1.29 is 15.1 Å². The van der Waals surface area contributed by atoms with E-state index in [0.29, 0.717) is 0 Å². The van der Waals surface area contributed by atoms with Crippen molar-refractivity contribution >= 4 is 41.2 Å². The first-order valence-corrected chi connectivity index (χ1v) is 9.28. The van der Waals surface area contributed by atoms with Crippen molar-refractivity contribution in [3.8, 4) is 0 Å². The summed E-state index contributed by atoms with van der Waals surface area (Å²) in [4.78, 5) is 8.66. The zero-order valence-corrected chi connectivity index (χ0v) is 11.9. The van der Waals surface area contributed by atoms with Crippen LogP contribution in [0.2, 0.25) is 0 Å². The molecule has 0 saturated carbocycles. The molecule has 0 spiro atoms. The quantitative estimate of drug-likeness (QED) is 0.449. The van der Waals surface area contributed by atoms with Gasteiger partial charge in [0.25, 0.3) is 0 Å². The van der Waals surface area contributed by atoms with Gasteiger partial charge in [0.15, 0.2) is 0 Å². The van der Waals surface area contributed by atoms with E-state index in [4.69, 9.17) is 19.4 Å². The second kappa shape index (κ2) is 6.25. The van der Waals surface area contributed by atoms with Crippen LogP contribution >= 0.6 is 19.4 Å². The SMILES string of the molecule is [Cl][Ru][Cl].c1cnc2c(c1)ccc1ncccc12. The van der Waals surface area contributed by atoms with Gasteiger partial charge in [-0.05, 0) is 24.3 Å². The normalized spacial score (nSPS) is 10.2. The summed E-state index contributed by atoms with van der Waals surface area (Å²) in [7, 11) is 9.71. The second-order valence-electron chi connectivity index (χ2n) is 3.26. The minimum absolute atomic E-state index is 0.346. The van der Waals surface area contributed by atoms with Crippen molar-refractivity contribution in [3.05, 3.63) is 48.8 Å². The third-order valence-corrected chi connectivity index (χ3v) is 2.35. The Morgan fingerprint density at radius 1 is 0.882 bits per heavy atom. The Morgan fingerprint density at radius 3 is 2.41 bits per heavy atom. The van der Waals surface area contributed by atoms with E-state index in [1.807, 2.05) is 24.4 Å². The Balaban J connectivity index is 0.000000329. The number of aromatic nitrogens is 2. The van der Waals surface area contributed by atoms with Crippen molar-refractivity contribution in [3.63, 3.8) is 0 Å². The maximum absolute atomic E-state index is 4.85. The number of benzene rings is 1. The molecule has 1 aromatic carbocycles. The van der Waals surface area contributed by atoms with E-state index in [9.17, 15) is 0 Å². The number of hydrogen-bond donors (Lipinski definition) is 0. The molecule has 0 aliphatic heterocycles. The standard InChI is InChI=1S/C12H8N2.2ClH.Ru/c1-3-9-5-6-11-10(4-2-7-13-11)12(9)14-8-1;;;/h1-8H;2*1H;/q;;;+2/p-2. The van der Waals surface area contributed by atoms with Crippen molar-refractivity contribution in [2.45, 2.75) is 0 Å². The topological polar surface area (TPSA) is 25.8 Å². The fourth-order valence-corrected chi connectivity index (χ4v) is 1.70. The summed E-state index contributed by atoms with van der Waals surface area (Å²) < 4.78 is 0. The fraction of sp³-hybridized carbons (Fsp3) is 0. The van der Waals surface area contributed by atoms with Crippen molar-refractivity contribution in [2.24, 2.45) is 0 Å². The third kappa shape index (κ3) is 2.92. The van der Waals surface area contributed by atoms with Crippen LogP contribution in [0.4, 0.5) is 0 Å². The van der Waals surface area contributed by atoms with Crippen LogP contribution in [-0.2, 0) is 15.1 Å². The molecule has 0 aliphatic rings. The van der Waals surface area contributed by atoms with E-state index in [2.05, 4.69) is 28.2 Å². The van der Waals surface area contributed by atoms with Crippen LogP contribution in [-0.4, -0.2) is 9.97 Å². The van der Waals surface area contributed by atoms with Crippen LogP contribution in [0.15, 0.2) is 48.8 Å². The van der Waals surface area contributed by atoms with E-state index < -0.39 is 0 Å². The summed E-state index contributed by atoms with van der Waals surface area (Å²) in [5, 5.41) is 2.28. The largest absolute Gasteiger partial charge is 0.256 e. The molecule has 0 radical (unpaired) electrons. The molecule has 2 nitrogen and oxygen atoms in total. The van der Waals surface area contributed by atoms with E-state index in [-0.39, 0.29) is 15.1 Å². The van der Waals surface area contributed by atoms with Crippen LogP contribution in [0.25, 0.3) is 21.8 Å². The summed E-state index contributed by atoms with van der Waals surface area (Å²) in [5.41, 5.74) is 2.02. The molecule has 3 rings (SSSR count). The molecule has 0 bridgehead atoms. The van der Waals surface area contributed by atoms with Crippen molar-refractivity contribution in [1.29, 1.82) is 0 Å². The third-order valence-electron chi connectivity index (χ3n) is 2.35. The molecule has 0 amide bonds. The molecular formula is C12H8Cl2N2Ru. The molecule has 0 aliphatic carbocycles. The van der Waals surface area contributed by atoms with Crippen molar-refractivity contribution in [2.75, 3.05) is 0 Å². The van der Waals surface area contributed by atoms with Gasteiger partial charge >= 0.3 is 34.5 Å². The van der Waals surface area contributed by atoms with Crippen molar-refractivity contribution in [1.82, 2.24) is 9.97 Å². The molecule has 3 aromatic rings. The Labute approximate surface area is 115 Å². The predicted octanol–water partition coefficient (Wildman–Crippen LogP) is 4.16. The predicted molar refractivity (Wildman–Crippen MR) is 68.8 cm³/mol. The second-order valence-corrected chi connectivity index (χ2v) is 5.90. The number of fused-ring (bicyclic) bond motifs is 3. The van der Waals surface area contributed by atoms with Crippen LogP contribution in [0, 0.1) is 0 Å². The Morgan fingerprint density at radius 2 is 1.59 bits per heavy atom.